The van der Waals surface area contributed by atoms with Gasteiger partial charge in [-0.05, 0) is 49.1 Å². The van der Waals surface area contributed by atoms with E-state index in [0.717, 1.165) is 22.5 Å². The summed E-state index contributed by atoms with van der Waals surface area (Å²) in [5.74, 6) is -0.0729. The predicted octanol–water partition coefficient (Wildman–Crippen LogP) is 4.33. The van der Waals surface area contributed by atoms with E-state index in [1.807, 2.05) is 31.2 Å². The van der Waals surface area contributed by atoms with E-state index in [2.05, 4.69) is 12.2 Å². The minimum absolute atomic E-state index is 0.231. The third kappa shape index (κ3) is 5.67. The molecule has 0 aliphatic heterocycles. The first-order valence-electron chi connectivity index (χ1n) is 9.84. The van der Waals surface area contributed by atoms with E-state index >= 15 is 0 Å². The van der Waals surface area contributed by atoms with E-state index in [-0.39, 0.29) is 18.2 Å². The highest BCUT2D eigenvalue weighted by molar-refractivity contribution is 7.92. The number of halogens is 1. The molecule has 2 unspecified atom stereocenters. The number of carbonyl (C=O) groups is 1. The second-order valence-corrected chi connectivity index (χ2v) is 9.42. The SMILES string of the molecule is CCc1ccc(C(C)NC(=O)C(CC)N(c2cc(Cl)ccc2OC)S(C)(=O)=O)cc1. The monoisotopic (exact) mass is 452 g/mol. The van der Waals surface area contributed by atoms with Crippen LogP contribution in [0.25, 0.3) is 0 Å². The summed E-state index contributed by atoms with van der Waals surface area (Å²) >= 11 is 6.11. The lowest BCUT2D eigenvalue weighted by Crippen LogP contribution is -2.49. The van der Waals surface area contributed by atoms with Gasteiger partial charge in [-0.2, -0.15) is 0 Å². The zero-order valence-electron chi connectivity index (χ0n) is 18.0. The highest BCUT2D eigenvalue weighted by Crippen LogP contribution is 2.35. The summed E-state index contributed by atoms with van der Waals surface area (Å²) in [4.78, 5) is 13.1. The number of amides is 1. The molecule has 0 fully saturated rings. The summed E-state index contributed by atoms with van der Waals surface area (Å²) in [7, 11) is -2.36. The number of ether oxygens (including phenoxy) is 1. The molecule has 164 valence electrons. The Labute approximate surface area is 184 Å². The van der Waals surface area contributed by atoms with E-state index < -0.39 is 22.0 Å². The van der Waals surface area contributed by atoms with Gasteiger partial charge in [0.1, 0.15) is 11.8 Å². The van der Waals surface area contributed by atoms with Crippen molar-refractivity contribution in [2.75, 3.05) is 17.7 Å². The summed E-state index contributed by atoms with van der Waals surface area (Å²) in [6.07, 6.45) is 2.27. The molecule has 2 rings (SSSR count). The van der Waals surface area contributed by atoms with Crippen LogP contribution >= 0.6 is 11.6 Å². The molecule has 0 aliphatic carbocycles. The number of hydrogen-bond acceptors (Lipinski definition) is 4. The van der Waals surface area contributed by atoms with Crippen LogP contribution in [0.3, 0.4) is 0 Å². The van der Waals surface area contributed by atoms with Crippen molar-refractivity contribution < 1.29 is 17.9 Å². The first kappa shape index (κ1) is 24.0. The Morgan fingerprint density at radius 2 is 1.80 bits per heavy atom. The molecule has 0 radical (unpaired) electrons. The molecule has 2 aromatic rings. The van der Waals surface area contributed by atoms with E-state index in [1.54, 1.807) is 19.1 Å². The van der Waals surface area contributed by atoms with Crippen molar-refractivity contribution in [3.63, 3.8) is 0 Å². The van der Waals surface area contributed by atoms with Gasteiger partial charge >= 0.3 is 0 Å². The number of hydrogen-bond donors (Lipinski definition) is 1. The molecule has 0 bridgehead atoms. The number of rotatable bonds is 9. The number of carbonyl (C=O) groups excluding carboxylic acids is 1. The summed E-state index contributed by atoms with van der Waals surface area (Å²) in [6, 6.07) is 11.4. The van der Waals surface area contributed by atoms with Gasteiger partial charge < -0.3 is 10.1 Å². The molecule has 1 amide bonds. The molecule has 0 heterocycles. The number of nitrogens with zero attached hydrogens (tertiary/aromatic N) is 1. The normalized spacial score (nSPS) is 13.4. The summed E-state index contributed by atoms with van der Waals surface area (Å²) in [5.41, 5.74) is 2.39. The average molecular weight is 453 g/mol. The molecular weight excluding hydrogens is 424 g/mol. The fraction of sp³-hybridized carbons (Fsp3) is 0.409. The quantitative estimate of drug-likeness (QED) is 0.614. The van der Waals surface area contributed by atoms with Crippen LogP contribution in [0, 0.1) is 0 Å². The van der Waals surface area contributed by atoms with Gasteiger partial charge in [-0.15, -0.1) is 0 Å². The van der Waals surface area contributed by atoms with Gasteiger partial charge in [0.05, 0.1) is 25.1 Å². The van der Waals surface area contributed by atoms with Crippen molar-refractivity contribution in [2.45, 2.75) is 45.7 Å². The van der Waals surface area contributed by atoms with Crippen LogP contribution in [0.5, 0.6) is 5.75 Å². The summed E-state index contributed by atoms with van der Waals surface area (Å²) in [5, 5.41) is 3.29. The van der Waals surface area contributed by atoms with Crippen molar-refractivity contribution in [1.82, 2.24) is 5.32 Å². The molecule has 0 aliphatic rings. The molecular formula is C22H29ClN2O4S. The van der Waals surface area contributed by atoms with Crippen LogP contribution in [-0.4, -0.2) is 33.7 Å². The Balaban J connectivity index is 2.37. The largest absolute Gasteiger partial charge is 0.495 e. The van der Waals surface area contributed by atoms with Gasteiger partial charge in [-0.3, -0.25) is 9.10 Å². The van der Waals surface area contributed by atoms with Gasteiger partial charge in [0, 0.05) is 5.02 Å². The maximum Gasteiger partial charge on any atom is 0.244 e. The van der Waals surface area contributed by atoms with Gasteiger partial charge in [0.2, 0.25) is 15.9 Å². The highest BCUT2D eigenvalue weighted by Gasteiger charge is 2.34. The molecule has 2 aromatic carbocycles. The lowest BCUT2D eigenvalue weighted by molar-refractivity contribution is -0.122. The van der Waals surface area contributed by atoms with Crippen molar-refractivity contribution in [3.05, 3.63) is 58.6 Å². The second-order valence-electron chi connectivity index (χ2n) is 7.12. The molecule has 0 aromatic heterocycles. The number of methoxy groups -OCH3 is 1. The zero-order valence-corrected chi connectivity index (χ0v) is 19.5. The Morgan fingerprint density at radius 1 is 1.17 bits per heavy atom. The maximum atomic E-state index is 13.1. The molecule has 30 heavy (non-hydrogen) atoms. The fourth-order valence-electron chi connectivity index (χ4n) is 3.31. The zero-order chi connectivity index (χ0) is 22.5. The fourth-order valence-corrected chi connectivity index (χ4v) is 4.68. The maximum absolute atomic E-state index is 13.1. The van der Waals surface area contributed by atoms with E-state index in [4.69, 9.17) is 16.3 Å². The predicted molar refractivity (Wildman–Crippen MR) is 122 cm³/mol. The molecule has 1 N–H and O–H groups in total. The van der Waals surface area contributed by atoms with Crippen LogP contribution in [0.4, 0.5) is 5.69 Å². The van der Waals surface area contributed by atoms with Crippen LogP contribution in [0.15, 0.2) is 42.5 Å². The Kier molecular flexibility index (Phi) is 8.15. The number of nitrogens with one attached hydrogen (secondary N) is 1. The van der Waals surface area contributed by atoms with Gasteiger partial charge in [-0.1, -0.05) is 49.7 Å². The third-order valence-electron chi connectivity index (χ3n) is 4.95. The van der Waals surface area contributed by atoms with Crippen molar-refractivity contribution in [3.8, 4) is 5.75 Å². The van der Waals surface area contributed by atoms with Crippen LogP contribution < -0.4 is 14.4 Å². The van der Waals surface area contributed by atoms with Gasteiger partial charge in [0.15, 0.2) is 0 Å². The van der Waals surface area contributed by atoms with Crippen molar-refractivity contribution >= 4 is 33.2 Å². The van der Waals surface area contributed by atoms with Crippen LogP contribution in [0.2, 0.25) is 5.02 Å². The number of sulfonamides is 1. The third-order valence-corrected chi connectivity index (χ3v) is 6.36. The molecule has 0 saturated heterocycles. The standard InChI is InChI=1S/C22H29ClN2O4S/c1-6-16-8-10-17(11-9-16)15(3)24-22(26)19(7-2)25(30(5,27)28)20-14-18(23)12-13-21(20)29-4/h8-15,19H,6-7H2,1-5H3,(H,24,26). The average Bonchev–Trinajstić information content (AvgIpc) is 2.70. The van der Waals surface area contributed by atoms with Crippen LogP contribution in [-0.2, 0) is 21.2 Å². The van der Waals surface area contributed by atoms with Gasteiger partial charge in [0.25, 0.3) is 0 Å². The first-order chi connectivity index (χ1) is 14.1. The molecule has 2 atom stereocenters. The van der Waals surface area contributed by atoms with E-state index in [0.29, 0.717) is 10.8 Å². The van der Waals surface area contributed by atoms with Crippen molar-refractivity contribution in [2.24, 2.45) is 0 Å². The lowest BCUT2D eigenvalue weighted by atomic mass is 10.0. The second kappa shape index (κ2) is 10.2. The summed E-state index contributed by atoms with van der Waals surface area (Å²) < 4.78 is 31.8. The molecule has 6 nitrogen and oxygen atoms in total. The highest BCUT2D eigenvalue weighted by atomic mass is 35.5. The topological polar surface area (TPSA) is 75.7 Å². The minimum atomic E-state index is -3.80. The van der Waals surface area contributed by atoms with Gasteiger partial charge in [-0.25, -0.2) is 8.42 Å². The Morgan fingerprint density at radius 3 is 2.30 bits per heavy atom. The molecule has 0 spiro atoms. The van der Waals surface area contributed by atoms with Crippen molar-refractivity contribution in [1.29, 1.82) is 0 Å². The molecule has 8 heteroatoms. The van der Waals surface area contributed by atoms with Crippen LogP contribution in [0.1, 0.15) is 44.4 Å². The Hall–Kier alpha value is -2.25. The smallest absolute Gasteiger partial charge is 0.244 e. The lowest BCUT2D eigenvalue weighted by Gasteiger charge is -2.32. The van der Waals surface area contributed by atoms with E-state index in [9.17, 15) is 13.2 Å². The number of anilines is 1. The Bertz CT molecular complexity index is 977. The molecule has 0 saturated carbocycles. The summed E-state index contributed by atoms with van der Waals surface area (Å²) in [6.45, 7) is 5.71. The first-order valence-corrected chi connectivity index (χ1v) is 12.1. The number of benzene rings is 2. The number of aryl methyl sites for hydroxylation is 1. The minimum Gasteiger partial charge on any atom is -0.495 e. The van der Waals surface area contributed by atoms with E-state index in [1.165, 1.54) is 18.7 Å².